The zero-order valence-corrected chi connectivity index (χ0v) is 19.1. The molecule has 9 nitrogen and oxygen atoms in total. The van der Waals surface area contributed by atoms with Gasteiger partial charge in [-0.25, -0.2) is 9.67 Å². The second kappa shape index (κ2) is 8.42. The molecule has 0 radical (unpaired) electrons. The molecule has 6 rings (SSSR count). The second-order valence-electron chi connectivity index (χ2n) is 8.64. The molecule has 2 unspecified atom stereocenters. The van der Waals surface area contributed by atoms with E-state index in [4.69, 9.17) is 20.3 Å². The number of nitrogens with two attached hydrogens (primary N) is 1. The maximum absolute atomic E-state index is 10.0. The molecule has 1 saturated heterocycles. The van der Waals surface area contributed by atoms with Gasteiger partial charge in [-0.3, -0.25) is 9.55 Å². The first-order valence-corrected chi connectivity index (χ1v) is 11.4. The number of hydrogen-bond acceptors (Lipinski definition) is 7. The summed E-state index contributed by atoms with van der Waals surface area (Å²) in [6.07, 6.45) is 6.29. The van der Waals surface area contributed by atoms with Crippen LogP contribution in [0.4, 0.5) is 0 Å². The predicted molar refractivity (Wildman–Crippen MR) is 127 cm³/mol. The average Bonchev–Trinajstić information content (AvgIpc) is 3.65. The molecule has 4 aromatic rings. The third kappa shape index (κ3) is 3.47. The predicted octanol–water partition coefficient (Wildman–Crippen LogP) is 3.39. The average molecular weight is 466 g/mol. The van der Waals surface area contributed by atoms with Gasteiger partial charge in [-0.05, 0) is 36.2 Å². The molecule has 35 heavy (non-hydrogen) atoms. The lowest BCUT2D eigenvalue weighted by molar-refractivity contribution is 0.193. The summed E-state index contributed by atoms with van der Waals surface area (Å²) in [6, 6.07) is 16.1. The molecule has 0 spiro atoms. The van der Waals surface area contributed by atoms with Gasteiger partial charge in [0.1, 0.15) is 17.3 Å². The fourth-order valence-electron chi connectivity index (χ4n) is 4.91. The summed E-state index contributed by atoms with van der Waals surface area (Å²) in [4.78, 5) is 8.92. The van der Waals surface area contributed by atoms with Crippen molar-refractivity contribution in [1.82, 2.24) is 24.3 Å². The maximum Gasteiger partial charge on any atom is 0.224 e. The van der Waals surface area contributed by atoms with Crippen molar-refractivity contribution in [2.75, 3.05) is 13.2 Å². The first kappa shape index (κ1) is 21.1. The molecule has 2 N–H and O–H groups in total. The number of allylic oxidation sites excluding steroid dienone is 1. The van der Waals surface area contributed by atoms with E-state index in [1.165, 1.54) is 0 Å². The van der Waals surface area contributed by atoms with E-state index in [1.807, 2.05) is 60.3 Å². The summed E-state index contributed by atoms with van der Waals surface area (Å²) < 4.78 is 15.2. The summed E-state index contributed by atoms with van der Waals surface area (Å²) in [6.45, 7) is 1.30. The largest absolute Gasteiger partial charge is 0.422 e. The van der Waals surface area contributed by atoms with Crippen molar-refractivity contribution in [3.05, 3.63) is 89.3 Å². The molecule has 0 saturated carbocycles. The van der Waals surface area contributed by atoms with Crippen LogP contribution in [0.5, 0.6) is 5.88 Å². The van der Waals surface area contributed by atoms with Crippen molar-refractivity contribution in [3.8, 4) is 29.2 Å². The van der Waals surface area contributed by atoms with Gasteiger partial charge in [-0.15, -0.1) is 0 Å². The van der Waals surface area contributed by atoms with Gasteiger partial charge in [0.15, 0.2) is 5.82 Å². The Hall–Kier alpha value is -4.42. The number of nitrogens with zero attached hydrogens (tertiary/aromatic N) is 6. The summed E-state index contributed by atoms with van der Waals surface area (Å²) in [5, 5.41) is 14.8. The number of fused-ring (bicyclic) bond motifs is 1. The molecule has 1 fully saturated rings. The number of benzene rings is 1. The van der Waals surface area contributed by atoms with Crippen molar-refractivity contribution in [2.45, 2.75) is 18.3 Å². The molecule has 0 bridgehead atoms. The van der Waals surface area contributed by atoms with Crippen molar-refractivity contribution < 1.29 is 9.47 Å². The van der Waals surface area contributed by atoms with Crippen LogP contribution in [-0.2, 0) is 11.8 Å². The molecule has 1 aromatic carbocycles. The first-order valence-electron chi connectivity index (χ1n) is 11.4. The van der Waals surface area contributed by atoms with Gasteiger partial charge in [0.2, 0.25) is 11.8 Å². The number of hydrogen-bond donors (Lipinski definition) is 1. The normalized spacial score (nSPS) is 19.3. The minimum Gasteiger partial charge on any atom is -0.422 e. The number of pyridine rings is 1. The van der Waals surface area contributed by atoms with Crippen LogP contribution in [0.3, 0.4) is 0 Å². The van der Waals surface area contributed by atoms with Crippen molar-refractivity contribution in [1.29, 1.82) is 5.26 Å². The van der Waals surface area contributed by atoms with E-state index in [9.17, 15) is 5.26 Å². The molecule has 9 heteroatoms. The standard InChI is InChI=1S/C26H23N7O2/c1-32-26-22(23(31-32)17-9-13-34-15-17)21(19(14-27)24(28)35-26)16-5-7-18(8-6-16)33-12-11-30-25(33)20-4-2-3-10-29-20/h2-8,10-12,17,21H,9,13,15,28H2,1H3. The zero-order valence-electron chi connectivity index (χ0n) is 19.1. The van der Waals surface area contributed by atoms with Gasteiger partial charge >= 0.3 is 0 Å². The molecule has 0 aliphatic carbocycles. The number of nitriles is 1. The van der Waals surface area contributed by atoms with Crippen LogP contribution in [0, 0.1) is 11.3 Å². The van der Waals surface area contributed by atoms with Crippen LogP contribution in [0.1, 0.15) is 35.1 Å². The highest BCUT2D eigenvalue weighted by Gasteiger charge is 2.39. The Bertz CT molecular complexity index is 1460. The smallest absolute Gasteiger partial charge is 0.224 e. The fraction of sp³-hybridized carbons (Fsp3) is 0.231. The molecule has 5 heterocycles. The van der Waals surface area contributed by atoms with Crippen molar-refractivity contribution in [2.24, 2.45) is 12.8 Å². The van der Waals surface area contributed by atoms with E-state index >= 15 is 0 Å². The first-order chi connectivity index (χ1) is 17.2. The monoisotopic (exact) mass is 465 g/mol. The number of aromatic nitrogens is 5. The molecular formula is C26H23N7O2. The minimum atomic E-state index is -0.375. The van der Waals surface area contributed by atoms with Crippen LogP contribution in [-0.4, -0.2) is 37.5 Å². The van der Waals surface area contributed by atoms with Gasteiger partial charge in [-0.2, -0.15) is 10.4 Å². The van der Waals surface area contributed by atoms with Gasteiger partial charge in [0.25, 0.3) is 0 Å². The van der Waals surface area contributed by atoms with Gasteiger partial charge in [0, 0.05) is 43.9 Å². The molecule has 2 atom stereocenters. The SMILES string of the molecule is Cn1nc(C2CCOC2)c2c1OC(N)=C(C#N)C2c1ccc(-n2ccnc2-c2ccccn2)cc1. The Labute approximate surface area is 202 Å². The number of rotatable bonds is 4. The van der Waals surface area contributed by atoms with E-state index in [0.29, 0.717) is 24.7 Å². The molecule has 2 aliphatic heterocycles. The van der Waals surface area contributed by atoms with E-state index in [0.717, 1.165) is 40.4 Å². The summed E-state index contributed by atoms with van der Waals surface area (Å²) >= 11 is 0. The van der Waals surface area contributed by atoms with Crippen LogP contribution >= 0.6 is 0 Å². The Kier molecular flexibility index (Phi) is 5.08. The minimum absolute atomic E-state index is 0.110. The second-order valence-corrected chi connectivity index (χ2v) is 8.64. The van der Waals surface area contributed by atoms with Crippen LogP contribution in [0.25, 0.3) is 17.2 Å². The highest BCUT2D eigenvalue weighted by atomic mass is 16.5. The Balaban J connectivity index is 1.43. The number of aryl methyl sites for hydroxylation is 1. The molecule has 0 amide bonds. The van der Waals surface area contributed by atoms with Gasteiger partial charge in [-0.1, -0.05) is 18.2 Å². The lowest BCUT2D eigenvalue weighted by Crippen LogP contribution is -2.22. The summed E-state index contributed by atoms with van der Waals surface area (Å²) in [7, 11) is 1.83. The van der Waals surface area contributed by atoms with Gasteiger partial charge in [0.05, 0.1) is 23.8 Å². The third-order valence-corrected chi connectivity index (χ3v) is 6.58. The molecule has 174 valence electrons. The Morgan fingerprint density at radius 2 is 1.97 bits per heavy atom. The van der Waals surface area contributed by atoms with Crippen molar-refractivity contribution in [3.63, 3.8) is 0 Å². The Morgan fingerprint density at radius 3 is 2.69 bits per heavy atom. The molecule has 3 aromatic heterocycles. The number of ether oxygens (including phenoxy) is 2. The topological polar surface area (TPSA) is 117 Å². The van der Waals surface area contributed by atoms with Crippen LogP contribution in [0.2, 0.25) is 0 Å². The van der Waals surface area contributed by atoms with Crippen LogP contribution < -0.4 is 10.5 Å². The summed E-state index contributed by atoms with van der Waals surface area (Å²) in [5.74, 6) is 1.22. The third-order valence-electron chi connectivity index (χ3n) is 6.58. The summed E-state index contributed by atoms with van der Waals surface area (Å²) in [5.41, 5.74) is 11.0. The lowest BCUT2D eigenvalue weighted by Gasteiger charge is -2.25. The van der Waals surface area contributed by atoms with Crippen LogP contribution in [0.15, 0.2) is 72.5 Å². The van der Waals surface area contributed by atoms with Crippen molar-refractivity contribution >= 4 is 0 Å². The number of imidazole rings is 1. The van der Waals surface area contributed by atoms with E-state index in [-0.39, 0.29) is 17.7 Å². The molecule has 2 aliphatic rings. The lowest BCUT2D eigenvalue weighted by atomic mass is 9.82. The maximum atomic E-state index is 10.0. The van der Waals surface area contributed by atoms with E-state index in [1.54, 1.807) is 17.1 Å². The fourth-order valence-corrected chi connectivity index (χ4v) is 4.91. The molecular weight excluding hydrogens is 442 g/mol. The van der Waals surface area contributed by atoms with E-state index < -0.39 is 0 Å². The van der Waals surface area contributed by atoms with Gasteiger partial charge < -0.3 is 15.2 Å². The van der Waals surface area contributed by atoms with E-state index in [2.05, 4.69) is 16.0 Å². The highest BCUT2D eigenvalue weighted by molar-refractivity contribution is 5.58. The Morgan fingerprint density at radius 1 is 1.11 bits per heavy atom. The quantitative estimate of drug-likeness (QED) is 0.491. The zero-order chi connectivity index (χ0) is 23.9. The highest BCUT2D eigenvalue weighted by Crippen LogP contribution is 2.46.